The number of benzene rings is 1. The minimum atomic E-state index is -0.201. The van der Waals surface area contributed by atoms with Gasteiger partial charge in [-0.2, -0.15) is 0 Å². The van der Waals surface area contributed by atoms with Gasteiger partial charge in [0.2, 0.25) is 0 Å². The fraction of sp³-hybridized carbons (Fsp3) is 0.188. The van der Waals surface area contributed by atoms with E-state index in [-0.39, 0.29) is 11.9 Å². The fourth-order valence-corrected chi connectivity index (χ4v) is 2.32. The Kier molecular flexibility index (Phi) is 3.48. The third kappa shape index (κ3) is 2.56. The van der Waals surface area contributed by atoms with Gasteiger partial charge in [-0.25, -0.2) is 9.37 Å². The summed E-state index contributed by atoms with van der Waals surface area (Å²) in [5.41, 5.74) is 3.00. The third-order valence-corrected chi connectivity index (χ3v) is 3.48. The molecule has 3 aromatic rings. The standard InChI is InChI=1S/C16H16FN3/c1-11(12-4-2-5-14(17)8-12)19-9-13-10-20-16-15(13)6-3-7-18-16/h2-8,10-11,19H,9H2,1H3,(H,18,20)/t11-/m1/s1. The molecule has 1 atom stereocenters. The van der Waals surface area contributed by atoms with Gasteiger partial charge < -0.3 is 10.3 Å². The molecule has 0 aliphatic rings. The predicted molar refractivity (Wildman–Crippen MR) is 77.7 cm³/mol. The highest BCUT2D eigenvalue weighted by Crippen LogP contribution is 2.18. The van der Waals surface area contributed by atoms with E-state index in [4.69, 9.17) is 0 Å². The van der Waals surface area contributed by atoms with Gasteiger partial charge in [-0.3, -0.25) is 0 Å². The molecule has 0 radical (unpaired) electrons. The van der Waals surface area contributed by atoms with E-state index in [1.165, 1.54) is 6.07 Å². The highest BCUT2D eigenvalue weighted by Gasteiger charge is 2.08. The zero-order chi connectivity index (χ0) is 13.9. The number of H-pyrrole nitrogens is 1. The highest BCUT2D eigenvalue weighted by atomic mass is 19.1. The van der Waals surface area contributed by atoms with Crippen LogP contribution in [0.4, 0.5) is 4.39 Å². The van der Waals surface area contributed by atoms with Crippen LogP contribution in [0.15, 0.2) is 48.8 Å². The van der Waals surface area contributed by atoms with Crippen LogP contribution in [0.1, 0.15) is 24.1 Å². The van der Waals surface area contributed by atoms with Crippen molar-refractivity contribution in [2.24, 2.45) is 0 Å². The molecule has 0 unspecified atom stereocenters. The molecule has 0 spiro atoms. The van der Waals surface area contributed by atoms with Gasteiger partial charge in [0.1, 0.15) is 11.5 Å². The molecule has 3 nitrogen and oxygen atoms in total. The maximum atomic E-state index is 13.2. The van der Waals surface area contributed by atoms with Crippen molar-refractivity contribution in [1.29, 1.82) is 0 Å². The first-order valence-electron chi connectivity index (χ1n) is 6.64. The predicted octanol–water partition coefficient (Wildman–Crippen LogP) is 3.55. The van der Waals surface area contributed by atoms with E-state index in [0.29, 0.717) is 6.54 Å². The van der Waals surface area contributed by atoms with Crippen LogP contribution < -0.4 is 5.32 Å². The van der Waals surface area contributed by atoms with Crippen molar-refractivity contribution in [3.63, 3.8) is 0 Å². The first-order chi connectivity index (χ1) is 9.74. The second kappa shape index (κ2) is 5.43. The molecule has 2 N–H and O–H groups in total. The lowest BCUT2D eigenvalue weighted by atomic mass is 10.1. The van der Waals surface area contributed by atoms with E-state index in [2.05, 4.69) is 15.3 Å². The molecule has 0 aliphatic heterocycles. The summed E-state index contributed by atoms with van der Waals surface area (Å²) in [6.45, 7) is 2.74. The largest absolute Gasteiger partial charge is 0.346 e. The second-order valence-corrected chi connectivity index (χ2v) is 4.87. The Morgan fingerprint density at radius 1 is 1.30 bits per heavy atom. The summed E-state index contributed by atoms with van der Waals surface area (Å²) in [7, 11) is 0. The van der Waals surface area contributed by atoms with Gasteiger partial charge in [0.05, 0.1) is 0 Å². The maximum absolute atomic E-state index is 13.2. The number of fused-ring (bicyclic) bond motifs is 1. The molecule has 3 rings (SSSR count). The van der Waals surface area contributed by atoms with E-state index in [1.807, 2.05) is 31.3 Å². The SMILES string of the molecule is C[C@@H](NCc1c[nH]c2ncccc12)c1cccc(F)c1. The van der Waals surface area contributed by atoms with Crippen molar-refractivity contribution in [1.82, 2.24) is 15.3 Å². The Morgan fingerprint density at radius 3 is 3.05 bits per heavy atom. The first kappa shape index (κ1) is 12.8. The van der Waals surface area contributed by atoms with Gasteiger partial charge in [0, 0.05) is 30.4 Å². The maximum Gasteiger partial charge on any atom is 0.137 e. The summed E-state index contributed by atoms with van der Waals surface area (Å²) in [5, 5.41) is 4.52. The zero-order valence-corrected chi connectivity index (χ0v) is 11.2. The summed E-state index contributed by atoms with van der Waals surface area (Å²) in [6.07, 6.45) is 3.73. The molecule has 0 fully saturated rings. The van der Waals surface area contributed by atoms with E-state index in [0.717, 1.165) is 22.2 Å². The topological polar surface area (TPSA) is 40.7 Å². The Balaban J connectivity index is 1.73. The normalized spacial score (nSPS) is 12.7. The molecular formula is C16H16FN3. The number of rotatable bonds is 4. The number of pyridine rings is 1. The summed E-state index contributed by atoms with van der Waals surface area (Å²) < 4.78 is 13.2. The first-order valence-corrected chi connectivity index (χ1v) is 6.64. The Bertz CT molecular complexity index is 720. The quantitative estimate of drug-likeness (QED) is 0.760. The van der Waals surface area contributed by atoms with E-state index < -0.39 is 0 Å². The number of halogens is 1. The Labute approximate surface area is 116 Å². The van der Waals surface area contributed by atoms with Crippen molar-refractivity contribution in [2.45, 2.75) is 19.5 Å². The lowest BCUT2D eigenvalue weighted by Gasteiger charge is -2.14. The molecule has 0 bridgehead atoms. The fourth-order valence-electron chi connectivity index (χ4n) is 2.32. The Morgan fingerprint density at radius 2 is 2.20 bits per heavy atom. The van der Waals surface area contributed by atoms with Gasteiger partial charge in [-0.15, -0.1) is 0 Å². The summed E-state index contributed by atoms with van der Waals surface area (Å²) >= 11 is 0. The molecule has 0 aliphatic carbocycles. The van der Waals surface area contributed by atoms with Crippen LogP contribution in [0.3, 0.4) is 0 Å². The van der Waals surface area contributed by atoms with E-state index in [1.54, 1.807) is 18.3 Å². The van der Waals surface area contributed by atoms with Crippen molar-refractivity contribution in [3.05, 3.63) is 65.7 Å². The van der Waals surface area contributed by atoms with E-state index in [9.17, 15) is 4.39 Å². The molecular weight excluding hydrogens is 253 g/mol. The van der Waals surface area contributed by atoms with Gasteiger partial charge >= 0.3 is 0 Å². The Hall–Kier alpha value is -2.20. The van der Waals surface area contributed by atoms with E-state index >= 15 is 0 Å². The van der Waals surface area contributed by atoms with Gasteiger partial charge in [-0.05, 0) is 42.3 Å². The smallest absolute Gasteiger partial charge is 0.137 e. The average Bonchev–Trinajstić information content (AvgIpc) is 2.88. The number of nitrogens with one attached hydrogen (secondary N) is 2. The van der Waals surface area contributed by atoms with Gasteiger partial charge in [0.25, 0.3) is 0 Å². The number of aromatic amines is 1. The van der Waals surface area contributed by atoms with Crippen LogP contribution in [0.25, 0.3) is 11.0 Å². The molecule has 0 amide bonds. The minimum absolute atomic E-state index is 0.0901. The lowest BCUT2D eigenvalue weighted by molar-refractivity contribution is 0.566. The molecule has 4 heteroatoms. The zero-order valence-electron chi connectivity index (χ0n) is 11.2. The van der Waals surface area contributed by atoms with Crippen molar-refractivity contribution in [2.75, 3.05) is 0 Å². The minimum Gasteiger partial charge on any atom is -0.346 e. The molecule has 1 aromatic carbocycles. The lowest BCUT2D eigenvalue weighted by Crippen LogP contribution is -2.18. The summed E-state index contributed by atoms with van der Waals surface area (Å²) in [6, 6.07) is 10.7. The second-order valence-electron chi connectivity index (χ2n) is 4.87. The number of hydrogen-bond donors (Lipinski definition) is 2. The summed E-state index contributed by atoms with van der Waals surface area (Å²) in [5.74, 6) is -0.201. The number of aromatic nitrogens is 2. The van der Waals surface area contributed by atoms with Gasteiger partial charge in [0.15, 0.2) is 0 Å². The monoisotopic (exact) mass is 269 g/mol. The average molecular weight is 269 g/mol. The van der Waals surface area contributed by atoms with Crippen LogP contribution in [-0.2, 0) is 6.54 Å². The van der Waals surface area contributed by atoms with Crippen molar-refractivity contribution < 1.29 is 4.39 Å². The van der Waals surface area contributed by atoms with Crippen LogP contribution >= 0.6 is 0 Å². The highest BCUT2D eigenvalue weighted by molar-refractivity contribution is 5.79. The van der Waals surface area contributed by atoms with Crippen molar-refractivity contribution >= 4 is 11.0 Å². The molecule has 0 saturated heterocycles. The molecule has 102 valence electrons. The summed E-state index contributed by atoms with van der Waals surface area (Å²) in [4.78, 5) is 7.42. The molecule has 0 saturated carbocycles. The number of nitrogens with zero attached hydrogens (tertiary/aromatic N) is 1. The van der Waals surface area contributed by atoms with Crippen LogP contribution in [0.5, 0.6) is 0 Å². The van der Waals surface area contributed by atoms with Gasteiger partial charge in [-0.1, -0.05) is 12.1 Å². The molecule has 2 aromatic heterocycles. The van der Waals surface area contributed by atoms with Crippen LogP contribution in [0, 0.1) is 5.82 Å². The molecule has 2 heterocycles. The van der Waals surface area contributed by atoms with Crippen LogP contribution in [-0.4, -0.2) is 9.97 Å². The third-order valence-electron chi connectivity index (χ3n) is 3.48. The molecule has 20 heavy (non-hydrogen) atoms. The number of hydrogen-bond acceptors (Lipinski definition) is 2. The van der Waals surface area contributed by atoms with Crippen LogP contribution in [0.2, 0.25) is 0 Å². The van der Waals surface area contributed by atoms with Crippen molar-refractivity contribution in [3.8, 4) is 0 Å².